The molecule has 0 aromatic heterocycles. The minimum atomic E-state index is -0.270. The smallest absolute Gasteiger partial charge is 0.308 e. The Bertz CT molecular complexity index is 272. The van der Waals surface area contributed by atoms with Crippen LogP contribution in [0, 0.1) is 0 Å². The lowest BCUT2D eigenvalue weighted by Gasteiger charge is -2.22. The highest BCUT2D eigenvalue weighted by Crippen LogP contribution is 2.16. The normalized spacial score (nSPS) is 18.0. The van der Waals surface area contributed by atoms with Crippen LogP contribution in [0.25, 0.3) is 0 Å². The van der Waals surface area contributed by atoms with Crippen molar-refractivity contribution < 1.29 is 14.3 Å². The summed E-state index contributed by atoms with van der Waals surface area (Å²) in [5.41, 5.74) is 0. The number of carbonyl (C=O) groups is 1. The largest absolute Gasteiger partial charge is 0.436 e. The van der Waals surface area contributed by atoms with Crippen LogP contribution in [-0.2, 0) is 14.3 Å². The minimum absolute atomic E-state index is 0.0796. The molecule has 0 radical (unpaired) electrons. The van der Waals surface area contributed by atoms with E-state index in [1.807, 2.05) is 0 Å². The van der Waals surface area contributed by atoms with Gasteiger partial charge in [0.25, 0.3) is 0 Å². The molecule has 1 saturated heterocycles. The van der Waals surface area contributed by atoms with Gasteiger partial charge in [-0.25, -0.2) is 0 Å². The molecule has 3 nitrogen and oxygen atoms in total. The Morgan fingerprint density at radius 2 is 1.43 bits per heavy atom. The highest BCUT2D eigenvalue weighted by molar-refractivity contribution is 5.69. The van der Waals surface area contributed by atoms with Crippen LogP contribution in [0.1, 0.15) is 110 Å². The average molecular weight is 327 g/mol. The van der Waals surface area contributed by atoms with Crippen molar-refractivity contribution in [1.29, 1.82) is 0 Å². The molecule has 1 heterocycles. The van der Waals surface area contributed by atoms with Crippen molar-refractivity contribution >= 4 is 5.97 Å². The molecule has 1 fully saturated rings. The molecule has 0 spiro atoms. The first-order valence-electron chi connectivity index (χ1n) is 10.1. The maximum atomic E-state index is 11.7. The predicted molar refractivity (Wildman–Crippen MR) is 95.4 cm³/mol. The lowest BCUT2D eigenvalue weighted by Crippen LogP contribution is -2.25. The third kappa shape index (κ3) is 12.5. The minimum Gasteiger partial charge on any atom is -0.436 e. The fourth-order valence-corrected chi connectivity index (χ4v) is 3.12. The van der Waals surface area contributed by atoms with Gasteiger partial charge in [0, 0.05) is 12.8 Å². The van der Waals surface area contributed by atoms with Crippen LogP contribution in [-0.4, -0.2) is 18.9 Å². The zero-order valence-electron chi connectivity index (χ0n) is 15.3. The van der Waals surface area contributed by atoms with Gasteiger partial charge in [-0.1, -0.05) is 77.6 Å². The van der Waals surface area contributed by atoms with E-state index < -0.39 is 0 Å². The van der Waals surface area contributed by atoms with Gasteiger partial charge in [-0.05, 0) is 19.3 Å². The molecule has 1 aliphatic heterocycles. The summed E-state index contributed by atoms with van der Waals surface area (Å²) in [5.74, 6) is -0.0796. The summed E-state index contributed by atoms with van der Waals surface area (Å²) in [5, 5.41) is 0. The lowest BCUT2D eigenvalue weighted by atomic mass is 10.0. The third-order valence-electron chi connectivity index (χ3n) is 4.64. The summed E-state index contributed by atoms with van der Waals surface area (Å²) < 4.78 is 10.7. The monoisotopic (exact) mass is 326 g/mol. The van der Waals surface area contributed by atoms with Crippen molar-refractivity contribution in [2.45, 2.75) is 116 Å². The second-order valence-electron chi connectivity index (χ2n) is 6.93. The topological polar surface area (TPSA) is 35.5 Å². The van der Waals surface area contributed by atoms with Crippen molar-refractivity contribution in [2.24, 2.45) is 0 Å². The van der Waals surface area contributed by atoms with Crippen LogP contribution < -0.4 is 0 Å². The van der Waals surface area contributed by atoms with Crippen LogP contribution in [0.4, 0.5) is 0 Å². The van der Waals surface area contributed by atoms with Gasteiger partial charge in [0.1, 0.15) is 0 Å². The van der Waals surface area contributed by atoms with Gasteiger partial charge in [-0.15, -0.1) is 0 Å². The van der Waals surface area contributed by atoms with Crippen LogP contribution in [0.2, 0.25) is 0 Å². The number of unbranched alkanes of at least 4 members (excludes halogenated alkanes) is 11. The van der Waals surface area contributed by atoms with E-state index in [0.29, 0.717) is 6.42 Å². The Balaban J connectivity index is 1.77. The molecule has 136 valence electrons. The van der Waals surface area contributed by atoms with Crippen molar-refractivity contribution in [3.8, 4) is 0 Å². The molecule has 1 unspecified atom stereocenters. The standard InChI is InChI=1S/C20H38O3/c1-2-3-4-5-6-7-8-9-10-11-12-13-16-19(21)23-20-17-14-15-18-22-20/h20H,2-18H2,1H3. The number of rotatable bonds is 14. The molecule has 0 aliphatic carbocycles. The average Bonchev–Trinajstić information content (AvgIpc) is 2.57. The van der Waals surface area contributed by atoms with E-state index in [9.17, 15) is 4.79 Å². The first kappa shape index (κ1) is 20.5. The first-order valence-corrected chi connectivity index (χ1v) is 10.1. The second kappa shape index (κ2) is 15.0. The van der Waals surface area contributed by atoms with Crippen LogP contribution in [0.5, 0.6) is 0 Å². The molecular formula is C20H38O3. The SMILES string of the molecule is CCCCCCCCCCCCCCC(=O)OC1CCCCO1. The fourth-order valence-electron chi connectivity index (χ4n) is 3.12. The third-order valence-corrected chi connectivity index (χ3v) is 4.64. The predicted octanol–water partition coefficient (Wildman–Crippen LogP) is 6.15. The Kier molecular flexibility index (Phi) is 13.3. The highest BCUT2D eigenvalue weighted by atomic mass is 16.7. The molecule has 0 saturated carbocycles. The summed E-state index contributed by atoms with van der Waals surface area (Å²) in [7, 11) is 0. The summed E-state index contributed by atoms with van der Waals surface area (Å²) in [4.78, 5) is 11.7. The number of carbonyl (C=O) groups excluding carboxylic acids is 1. The van der Waals surface area contributed by atoms with Gasteiger partial charge in [-0.2, -0.15) is 0 Å². The summed E-state index contributed by atoms with van der Waals surface area (Å²) in [6.45, 7) is 3.00. The van der Waals surface area contributed by atoms with Gasteiger partial charge < -0.3 is 9.47 Å². The van der Waals surface area contributed by atoms with Gasteiger partial charge in [-0.3, -0.25) is 4.79 Å². The van der Waals surface area contributed by atoms with E-state index in [4.69, 9.17) is 9.47 Å². The fraction of sp³-hybridized carbons (Fsp3) is 0.950. The summed E-state index contributed by atoms with van der Waals surface area (Å²) in [6.07, 6.45) is 19.1. The van der Waals surface area contributed by atoms with Crippen molar-refractivity contribution in [2.75, 3.05) is 6.61 Å². The van der Waals surface area contributed by atoms with Crippen molar-refractivity contribution in [3.63, 3.8) is 0 Å². The molecule has 0 aromatic rings. The maximum Gasteiger partial charge on any atom is 0.308 e. The summed E-state index contributed by atoms with van der Waals surface area (Å²) >= 11 is 0. The molecule has 0 N–H and O–H groups in total. The Labute approximate surface area is 143 Å². The van der Waals surface area contributed by atoms with Gasteiger partial charge in [0.15, 0.2) is 0 Å². The lowest BCUT2D eigenvalue weighted by molar-refractivity contribution is -0.186. The zero-order valence-corrected chi connectivity index (χ0v) is 15.3. The van der Waals surface area contributed by atoms with E-state index in [1.165, 1.54) is 64.2 Å². The molecule has 0 bridgehead atoms. The molecular weight excluding hydrogens is 288 g/mol. The number of ether oxygens (including phenoxy) is 2. The Hall–Kier alpha value is -0.570. The molecule has 1 aliphatic rings. The highest BCUT2D eigenvalue weighted by Gasteiger charge is 2.17. The number of esters is 1. The van der Waals surface area contributed by atoms with E-state index in [1.54, 1.807) is 0 Å². The number of hydrogen-bond donors (Lipinski definition) is 0. The molecule has 3 heteroatoms. The van der Waals surface area contributed by atoms with Crippen LogP contribution in [0.15, 0.2) is 0 Å². The van der Waals surface area contributed by atoms with E-state index in [-0.39, 0.29) is 12.3 Å². The summed E-state index contributed by atoms with van der Waals surface area (Å²) in [6, 6.07) is 0. The quantitative estimate of drug-likeness (QED) is 0.284. The van der Waals surface area contributed by atoms with Crippen LogP contribution in [0.3, 0.4) is 0 Å². The molecule has 1 rings (SSSR count). The van der Waals surface area contributed by atoms with Gasteiger partial charge >= 0.3 is 5.97 Å². The van der Waals surface area contributed by atoms with Crippen molar-refractivity contribution in [3.05, 3.63) is 0 Å². The van der Waals surface area contributed by atoms with E-state index >= 15 is 0 Å². The maximum absolute atomic E-state index is 11.7. The molecule has 0 amide bonds. The Morgan fingerprint density at radius 3 is 1.96 bits per heavy atom. The zero-order chi connectivity index (χ0) is 16.6. The van der Waals surface area contributed by atoms with E-state index in [0.717, 1.165) is 38.7 Å². The number of hydrogen-bond acceptors (Lipinski definition) is 3. The van der Waals surface area contributed by atoms with Gasteiger partial charge in [0.05, 0.1) is 6.61 Å². The Morgan fingerprint density at radius 1 is 0.870 bits per heavy atom. The van der Waals surface area contributed by atoms with Crippen LogP contribution >= 0.6 is 0 Å². The second-order valence-corrected chi connectivity index (χ2v) is 6.93. The molecule has 23 heavy (non-hydrogen) atoms. The van der Waals surface area contributed by atoms with Crippen molar-refractivity contribution in [1.82, 2.24) is 0 Å². The van der Waals surface area contributed by atoms with Gasteiger partial charge in [0.2, 0.25) is 6.29 Å². The molecule has 0 aromatic carbocycles. The first-order chi connectivity index (χ1) is 11.3. The van der Waals surface area contributed by atoms with E-state index in [2.05, 4.69) is 6.92 Å². The molecule has 1 atom stereocenters.